The number of nitrogens with zero attached hydrogens (tertiary/aromatic N) is 8. The fraction of sp³-hybridized carbons (Fsp3) is 0.500. The molecule has 1 unspecified atom stereocenters. The molecule has 5 aromatic rings. The lowest BCUT2D eigenvalue weighted by Gasteiger charge is -2.31. The number of H-pyrrole nitrogens is 1. The number of carbonyl (C=O) groups excluding carboxylic acids is 2. The molecule has 1 aromatic carbocycles. The fourth-order valence-electron chi connectivity index (χ4n) is 8.54. The maximum Gasteiger partial charge on any atom is 0.475 e. The number of benzene rings is 1. The van der Waals surface area contributed by atoms with Crippen molar-refractivity contribution >= 4 is 53.7 Å². The molecule has 0 bridgehead atoms. The number of imidazole rings is 2. The van der Waals surface area contributed by atoms with E-state index >= 15 is 0 Å². The highest BCUT2D eigenvalue weighted by Gasteiger charge is 2.72. The van der Waals surface area contributed by atoms with Crippen LogP contribution in [0, 0.1) is 35.0 Å². The van der Waals surface area contributed by atoms with Crippen molar-refractivity contribution in [3.63, 3.8) is 0 Å². The van der Waals surface area contributed by atoms with Crippen molar-refractivity contribution in [3.05, 3.63) is 65.2 Å². The molecular weight excluding hydrogens is 817 g/mol. The van der Waals surface area contributed by atoms with Crippen LogP contribution in [0.2, 0.25) is 0 Å². The number of fused-ring (bicyclic) bond motifs is 3. The van der Waals surface area contributed by atoms with Gasteiger partial charge in [0.25, 0.3) is 11.5 Å². The molecule has 23 heteroatoms. The summed E-state index contributed by atoms with van der Waals surface area (Å²) in [4.78, 5) is 62.5. The maximum atomic E-state index is 14.6. The van der Waals surface area contributed by atoms with E-state index in [1.54, 1.807) is 50.5 Å². The lowest BCUT2D eigenvalue weighted by molar-refractivity contribution is -0.118. The summed E-state index contributed by atoms with van der Waals surface area (Å²) in [6.45, 7) is 4.11. The average Bonchev–Trinajstić information content (AvgIpc) is 3.51. The Labute approximate surface area is 347 Å². The molecule has 2 aliphatic carbocycles. The van der Waals surface area contributed by atoms with Gasteiger partial charge in [-0.05, 0) is 24.5 Å². The summed E-state index contributed by atoms with van der Waals surface area (Å²) in [5.74, 6) is -2.21. The second kappa shape index (κ2) is 16.8. The topological polar surface area (TPSA) is 293 Å². The van der Waals surface area contributed by atoms with Gasteiger partial charge in [0, 0.05) is 37.0 Å². The van der Waals surface area contributed by atoms with Gasteiger partial charge in [-0.3, -0.25) is 42.8 Å². The minimum Gasteiger partial charge on any atom is -0.396 e. The number of phosphoric ester groups is 1. The van der Waals surface area contributed by atoms with Crippen molar-refractivity contribution in [1.82, 2.24) is 39.0 Å². The van der Waals surface area contributed by atoms with E-state index in [4.69, 9.17) is 23.0 Å². The van der Waals surface area contributed by atoms with Crippen LogP contribution in [-0.2, 0) is 37.9 Å². The minimum atomic E-state index is -4.56. The third kappa shape index (κ3) is 7.61. The predicted octanol–water partition coefficient (Wildman–Crippen LogP) is 2.49. The number of nitrogens with one attached hydrogen (secondary N) is 3. The normalized spacial score (nSPS) is 27.8. The highest BCUT2D eigenvalue weighted by Crippen LogP contribution is 2.70. The molecule has 2 amide bonds. The molecule has 5 heterocycles. The van der Waals surface area contributed by atoms with Crippen LogP contribution in [0.25, 0.3) is 22.3 Å². The molecule has 10 atom stereocenters. The van der Waals surface area contributed by atoms with Crippen LogP contribution in [0.1, 0.15) is 50.2 Å². The van der Waals surface area contributed by atoms with Gasteiger partial charge in [0.05, 0.1) is 50.0 Å². The van der Waals surface area contributed by atoms with E-state index in [1.165, 1.54) is 24.3 Å². The molecule has 4 aromatic heterocycles. The third-order valence-electron chi connectivity index (χ3n) is 11.7. The number of rotatable bonds is 16. The van der Waals surface area contributed by atoms with Crippen LogP contribution in [0.3, 0.4) is 0 Å². The Bertz CT molecular complexity index is 2600. The number of nitriles is 1. The van der Waals surface area contributed by atoms with Crippen molar-refractivity contribution in [2.24, 2.45) is 23.7 Å². The Morgan fingerprint density at radius 1 is 1.10 bits per heavy atom. The smallest absolute Gasteiger partial charge is 0.396 e. The lowest BCUT2D eigenvalue weighted by Crippen LogP contribution is -2.36. The first-order valence-electron chi connectivity index (χ1n) is 19.6. The Hall–Kier alpha value is -5.50. The van der Waals surface area contributed by atoms with Crippen LogP contribution < -0.4 is 16.2 Å². The molecule has 8 rings (SSSR count). The van der Waals surface area contributed by atoms with E-state index < -0.39 is 73.9 Å². The second-order valence-corrected chi connectivity index (χ2v) is 17.1. The molecule has 3 aliphatic rings. The molecule has 0 spiro atoms. The monoisotopic (exact) mass is 861 g/mol. The number of methoxy groups -OCH3 is 1. The quantitative estimate of drug-likeness (QED) is 0.0703. The molecule has 322 valence electrons. The molecule has 2 saturated carbocycles. The number of aromatic amines is 1. The van der Waals surface area contributed by atoms with E-state index in [2.05, 4.69) is 40.5 Å². The van der Waals surface area contributed by atoms with E-state index in [0.29, 0.717) is 23.1 Å². The molecule has 22 nitrogen and oxygen atoms in total. The van der Waals surface area contributed by atoms with E-state index in [9.17, 15) is 34.4 Å². The van der Waals surface area contributed by atoms with Crippen LogP contribution in [0.15, 0.2) is 54.1 Å². The first-order valence-corrected chi connectivity index (χ1v) is 21.0. The fourth-order valence-corrected chi connectivity index (χ4v) is 10.0. The highest BCUT2D eigenvalue weighted by molar-refractivity contribution is 7.48. The molecule has 1 aliphatic heterocycles. The van der Waals surface area contributed by atoms with Gasteiger partial charge >= 0.3 is 7.82 Å². The highest BCUT2D eigenvalue weighted by atomic mass is 31.2. The standard InChI is InChI=1S/C38H44N11O11P/c1-19(2)33(52)46-37-45-32-26(35(54)47-37)42-17-48(32)36-27(51)29(56-4)24(59-36)15-58-61(55,57-12-8-11-39)60-28-20(3)38(13-23(38)22(28)14-50)49-18-43-25-30(40-16-41-31(25)49)44-34(53)21-9-6-5-7-10-21/h5-7,9-10,16-20,22-24,27-29,36,50-51H,8,12-15H2,1-4H3,(H,40,41,44,53)(H2,45,46,47,52,54)/t20-,22+,23+,24-,27-,28+,29-,36-,38-,61?/m1/s1. The van der Waals surface area contributed by atoms with Gasteiger partial charge in [-0.25, -0.2) is 24.5 Å². The molecule has 61 heavy (non-hydrogen) atoms. The summed E-state index contributed by atoms with van der Waals surface area (Å²) in [7, 11) is -3.22. The summed E-state index contributed by atoms with van der Waals surface area (Å²) in [5, 5.41) is 36.8. The average molecular weight is 862 g/mol. The SMILES string of the molecule is CO[C@H]1[C@@H](O)[C@H](n2cnc3c(=O)[nH]c(NC(=O)C(C)C)nc32)O[C@@H]1COP(=O)(OCCC#N)O[C@@H]1[C@@H](CO)[C@@H]2C[C@@]2(n2cnc3c(NC(=O)c4ccccc4)ncnc32)[C@@H]1C. The first-order chi connectivity index (χ1) is 29.3. The van der Waals surface area contributed by atoms with Gasteiger partial charge in [-0.15, -0.1) is 0 Å². The van der Waals surface area contributed by atoms with Gasteiger partial charge < -0.3 is 29.6 Å². The minimum absolute atomic E-state index is 0.000161. The van der Waals surface area contributed by atoms with Gasteiger partial charge in [0.15, 0.2) is 34.4 Å². The third-order valence-corrected chi connectivity index (χ3v) is 13.1. The number of amides is 2. The van der Waals surface area contributed by atoms with Gasteiger partial charge in [-0.2, -0.15) is 10.2 Å². The summed E-state index contributed by atoms with van der Waals surface area (Å²) in [5.41, 5.74) is -0.178. The molecule has 0 radical (unpaired) electrons. The number of ether oxygens (including phenoxy) is 2. The Kier molecular flexibility index (Phi) is 11.6. The van der Waals surface area contributed by atoms with Crippen LogP contribution in [-0.4, -0.2) is 112 Å². The summed E-state index contributed by atoms with van der Waals surface area (Å²) < 4.78 is 47.4. The van der Waals surface area contributed by atoms with Crippen molar-refractivity contribution < 1.29 is 47.4 Å². The van der Waals surface area contributed by atoms with E-state index in [0.717, 1.165) is 0 Å². The maximum absolute atomic E-state index is 14.6. The Morgan fingerprint density at radius 2 is 1.87 bits per heavy atom. The van der Waals surface area contributed by atoms with Crippen LogP contribution >= 0.6 is 7.82 Å². The largest absolute Gasteiger partial charge is 0.475 e. The van der Waals surface area contributed by atoms with Crippen LogP contribution in [0.4, 0.5) is 11.8 Å². The van der Waals surface area contributed by atoms with Crippen molar-refractivity contribution in [1.29, 1.82) is 5.26 Å². The summed E-state index contributed by atoms with van der Waals surface area (Å²) >= 11 is 0. The van der Waals surface area contributed by atoms with Gasteiger partial charge in [0.2, 0.25) is 11.9 Å². The Balaban J connectivity index is 1.02. The first kappa shape index (κ1) is 42.2. The number of hydrogen-bond donors (Lipinski definition) is 5. The number of aliphatic hydroxyl groups is 2. The number of aromatic nitrogens is 8. The summed E-state index contributed by atoms with van der Waals surface area (Å²) in [6, 6.07) is 10.6. The number of carbonyl (C=O) groups is 2. The molecule has 3 fully saturated rings. The van der Waals surface area contributed by atoms with Crippen molar-refractivity contribution in [2.75, 3.05) is 37.6 Å². The molecule has 1 saturated heterocycles. The predicted molar refractivity (Wildman–Crippen MR) is 212 cm³/mol. The number of aliphatic hydroxyl groups excluding tert-OH is 2. The zero-order valence-corrected chi connectivity index (χ0v) is 34.3. The lowest BCUT2D eigenvalue weighted by atomic mass is 9.94. The number of anilines is 2. The van der Waals surface area contributed by atoms with Crippen molar-refractivity contribution in [3.8, 4) is 6.07 Å². The van der Waals surface area contributed by atoms with E-state index in [1.807, 2.05) is 17.6 Å². The summed E-state index contributed by atoms with van der Waals surface area (Å²) in [6.07, 6.45) is -1.01. The van der Waals surface area contributed by atoms with Crippen LogP contribution in [0.5, 0.6) is 0 Å². The zero-order valence-electron chi connectivity index (χ0n) is 33.4. The number of hydrogen-bond acceptors (Lipinski definition) is 17. The zero-order chi connectivity index (χ0) is 43.2. The second-order valence-electron chi connectivity index (χ2n) is 15.5. The van der Waals surface area contributed by atoms with Gasteiger partial charge in [0.1, 0.15) is 24.6 Å². The van der Waals surface area contributed by atoms with Gasteiger partial charge in [-0.1, -0.05) is 39.0 Å². The van der Waals surface area contributed by atoms with Crippen molar-refractivity contribution in [2.45, 2.75) is 69.8 Å². The molecule has 5 N–H and O–H groups in total. The van der Waals surface area contributed by atoms with E-state index in [-0.39, 0.29) is 60.3 Å². The number of phosphoric acid groups is 1. The Morgan fingerprint density at radius 3 is 2.59 bits per heavy atom. The molecular formula is C38H44N11O11P.